The average molecular weight is 242 g/mol. The lowest BCUT2D eigenvalue weighted by atomic mass is 10.1. The van der Waals surface area contributed by atoms with Crippen LogP contribution in [0.2, 0.25) is 5.02 Å². The standard InChI is InChI=1S/C11H9ClFNS/c12-10-3-4-15-11(10)9-5-8(13)2-1-7(9)6-14/h1-5H,6,14H2. The van der Waals surface area contributed by atoms with Gasteiger partial charge in [0, 0.05) is 12.1 Å². The lowest BCUT2D eigenvalue weighted by molar-refractivity contribution is 0.627. The highest BCUT2D eigenvalue weighted by Gasteiger charge is 2.10. The van der Waals surface area contributed by atoms with Crippen molar-refractivity contribution in [2.45, 2.75) is 6.54 Å². The Morgan fingerprint density at radius 1 is 1.33 bits per heavy atom. The van der Waals surface area contributed by atoms with E-state index in [1.54, 1.807) is 12.1 Å². The summed E-state index contributed by atoms with van der Waals surface area (Å²) in [6.45, 7) is 0.379. The molecule has 0 saturated carbocycles. The van der Waals surface area contributed by atoms with Gasteiger partial charge in [0.25, 0.3) is 0 Å². The van der Waals surface area contributed by atoms with Crippen LogP contribution in [0.5, 0.6) is 0 Å². The van der Waals surface area contributed by atoms with Crippen LogP contribution in [0.3, 0.4) is 0 Å². The van der Waals surface area contributed by atoms with Crippen molar-refractivity contribution < 1.29 is 4.39 Å². The Labute approximate surface area is 96.3 Å². The minimum absolute atomic E-state index is 0.272. The Bertz CT molecular complexity index is 481. The van der Waals surface area contributed by atoms with Gasteiger partial charge in [0.05, 0.1) is 9.90 Å². The van der Waals surface area contributed by atoms with Gasteiger partial charge in [0.1, 0.15) is 5.82 Å². The van der Waals surface area contributed by atoms with Crippen LogP contribution in [0.25, 0.3) is 10.4 Å². The smallest absolute Gasteiger partial charge is 0.123 e. The number of hydrogen-bond acceptors (Lipinski definition) is 2. The summed E-state index contributed by atoms with van der Waals surface area (Å²) in [6.07, 6.45) is 0. The van der Waals surface area contributed by atoms with E-state index in [2.05, 4.69) is 0 Å². The van der Waals surface area contributed by atoms with Crippen LogP contribution in [0.15, 0.2) is 29.6 Å². The predicted molar refractivity (Wildman–Crippen MR) is 62.6 cm³/mol. The number of nitrogens with two attached hydrogens (primary N) is 1. The molecule has 0 amide bonds. The van der Waals surface area contributed by atoms with Gasteiger partial charge in [-0.1, -0.05) is 17.7 Å². The molecule has 0 radical (unpaired) electrons. The third kappa shape index (κ3) is 2.04. The predicted octanol–water partition coefficient (Wildman–Crippen LogP) is 3.67. The van der Waals surface area contributed by atoms with Gasteiger partial charge in [-0.25, -0.2) is 4.39 Å². The quantitative estimate of drug-likeness (QED) is 0.853. The van der Waals surface area contributed by atoms with E-state index in [9.17, 15) is 4.39 Å². The number of benzene rings is 1. The summed E-state index contributed by atoms with van der Waals surface area (Å²) in [6, 6.07) is 6.38. The molecule has 1 aromatic carbocycles. The van der Waals surface area contributed by atoms with E-state index in [0.717, 1.165) is 16.0 Å². The number of thiophene rings is 1. The molecule has 1 nitrogen and oxygen atoms in total. The molecule has 0 bridgehead atoms. The second-order valence-corrected chi connectivity index (χ2v) is 4.43. The van der Waals surface area contributed by atoms with Gasteiger partial charge >= 0.3 is 0 Å². The fourth-order valence-electron chi connectivity index (χ4n) is 1.42. The summed E-state index contributed by atoms with van der Waals surface area (Å²) in [4.78, 5) is 0.872. The molecule has 0 fully saturated rings. The Morgan fingerprint density at radius 2 is 2.13 bits per heavy atom. The Balaban J connectivity index is 2.60. The molecule has 0 aliphatic rings. The largest absolute Gasteiger partial charge is 0.326 e. The van der Waals surface area contributed by atoms with Crippen molar-refractivity contribution in [1.82, 2.24) is 0 Å². The van der Waals surface area contributed by atoms with Gasteiger partial charge in [-0.2, -0.15) is 0 Å². The Morgan fingerprint density at radius 3 is 2.73 bits per heavy atom. The molecule has 0 unspecified atom stereocenters. The fraction of sp³-hybridized carbons (Fsp3) is 0.0909. The molecule has 15 heavy (non-hydrogen) atoms. The lowest BCUT2D eigenvalue weighted by Gasteiger charge is -2.06. The molecular weight excluding hydrogens is 233 g/mol. The molecule has 1 heterocycles. The van der Waals surface area contributed by atoms with Crippen molar-refractivity contribution >= 4 is 22.9 Å². The van der Waals surface area contributed by atoms with Crippen LogP contribution in [-0.2, 0) is 6.54 Å². The topological polar surface area (TPSA) is 26.0 Å². The van der Waals surface area contributed by atoms with Crippen molar-refractivity contribution in [2.24, 2.45) is 5.73 Å². The van der Waals surface area contributed by atoms with Crippen molar-refractivity contribution in [2.75, 3.05) is 0 Å². The van der Waals surface area contributed by atoms with Crippen LogP contribution in [0.1, 0.15) is 5.56 Å². The molecule has 0 spiro atoms. The summed E-state index contributed by atoms with van der Waals surface area (Å²) in [5.74, 6) is -0.272. The molecule has 0 aliphatic carbocycles. The molecule has 0 atom stereocenters. The molecular formula is C11H9ClFNS. The summed E-state index contributed by atoms with van der Waals surface area (Å²) in [7, 11) is 0. The first-order valence-electron chi connectivity index (χ1n) is 4.44. The van der Waals surface area contributed by atoms with Gasteiger partial charge in [0.2, 0.25) is 0 Å². The Kier molecular flexibility index (Phi) is 3.05. The number of hydrogen-bond donors (Lipinski definition) is 1. The molecule has 4 heteroatoms. The van der Waals surface area contributed by atoms with Gasteiger partial charge < -0.3 is 5.73 Å². The molecule has 2 N–H and O–H groups in total. The molecule has 2 aromatic rings. The zero-order valence-corrected chi connectivity index (χ0v) is 9.41. The van der Waals surface area contributed by atoms with Crippen molar-refractivity contribution in [1.29, 1.82) is 0 Å². The molecule has 1 aromatic heterocycles. The van der Waals surface area contributed by atoms with E-state index < -0.39 is 0 Å². The first-order valence-corrected chi connectivity index (χ1v) is 5.70. The van der Waals surface area contributed by atoms with E-state index in [4.69, 9.17) is 17.3 Å². The number of rotatable bonds is 2. The van der Waals surface area contributed by atoms with Gasteiger partial charge in [-0.3, -0.25) is 0 Å². The van der Waals surface area contributed by atoms with Crippen LogP contribution in [0.4, 0.5) is 4.39 Å². The highest BCUT2D eigenvalue weighted by Crippen LogP contribution is 2.35. The summed E-state index contributed by atoms with van der Waals surface area (Å²) in [5, 5.41) is 2.52. The molecule has 78 valence electrons. The van der Waals surface area contributed by atoms with Gasteiger partial charge in [-0.05, 0) is 29.1 Å². The summed E-state index contributed by atoms with van der Waals surface area (Å²) < 4.78 is 13.1. The first-order chi connectivity index (χ1) is 7.22. The highest BCUT2D eigenvalue weighted by molar-refractivity contribution is 7.14. The van der Waals surface area contributed by atoms with Crippen LogP contribution >= 0.6 is 22.9 Å². The van der Waals surface area contributed by atoms with E-state index in [1.165, 1.54) is 23.5 Å². The second kappa shape index (κ2) is 4.31. The summed E-state index contributed by atoms with van der Waals surface area (Å²) in [5.41, 5.74) is 7.29. The van der Waals surface area contributed by atoms with E-state index >= 15 is 0 Å². The van der Waals surface area contributed by atoms with Crippen LogP contribution < -0.4 is 5.73 Å². The van der Waals surface area contributed by atoms with Crippen LogP contribution in [-0.4, -0.2) is 0 Å². The zero-order valence-electron chi connectivity index (χ0n) is 7.84. The molecule has 0 saturated heterocycles. The van der Waals surface area contributed by atoms with E-state index in [0.29, 0.717) is 11.6 Å². The SMILES string of the molecule is NCc1ccc(F)cc1-c1sccc1Cl. The average Bonchev–Trinajstić information content (AvgIpc) is 2.64. The second-order valence-electron chi connectivity index (χ2n) is 3.10. The van der Waals surface area contributed by atoms with Crippen molar-refractivity contribution in [3.05, 3.63) is 46.0 Å². The molecule has 2 rings (SSSR count). The minimum atomic E-state index is -0.272. The number of halogens is 2. The van der Waals surface area contributed by atoms with E-state index in [-0.39, 0.29) is 5.82 Å². The van der Waals surface area contributed by atoms with Crippen molar-refractivity contribution in [3.63, 3.8) is 0 Å². The normalized spacial score (nSPS) is 10.6. The minimum Gasteiger partial charge on any atom is -0.326 e. The lowest BCUT2D eigenvalue weighted by Crippen LogP contribution is -1.98. The Hall–Kier alpha value is -0.900. The third-order valence-corrected chi connectivity index (χ3v) is 3.53. The van der Waals surface area contributed by atoms with E-state index in [1.807, 2.05) is 5.38 Å². The molecule has 0 aliphatic heterocycles. The monoisotopic (exact) mass is 241 g/mol. The van der Waals surface area contributed by atoms with Gasteiger partial charge in [0.15, 0.2) is 0 Å². The first kappa shape index (κ1) is 10.6. The van der Waals surface area contributed by atoms with Gasteiger partial charge in [-0.15, -0.1) is 11.3 Å². The fourth-order valence-corrected chi connectivity index (χ4v) is 2.63. The maximum absolute atomic E-state index is 13.1. The highest BCUT2D eigenvalue weighted by atomic mass is 35.5. The maximum Gasteiger partial charge on any atom is 0.123 e. The summed E-state index contributed by atoms with van der Waals surface area (Å²) >= 11 is 7.49. The third-order valence-electron chi connectivity index (χ3n) is 2.15. The van der Waals surface area contributed by atoms with Crippen LogP contribution in [0, 0.1) is 5.82 Å². The zero-order chi connectivity index (χ0) is 10.8. The van der Waals surface area contributed by atoms with Crippen molar-refractivity contribution in [3.8, 4) is 10.4 Å². The maximum atomic E-state index is 13.1.